The highest BCUT2D eigenvalue weighted by atomic mass is 32.1. The largest absolute Gasteiger partial charge is 0.494 e. The number of methoxy groups -OCH3 is 1. The lowest BCUT2D eigenvalue weighted by Crippen LogP contribution is -2.17. The average molecular weight is 293 g/mol. The van der Waals surface area contributed by atoms with Gasteiger partial charge in [-0.2, -0.15) is 0 Å². The van der Waals surface area contributed by atoms with Crippen LogP contribution in [0.1, 0.15) is 33.8 Å². The summed E-state index contributed by atoms with van der Waals surface area (Å²) in [7, 11) is 1.47. The highest BCUT2D eigenvalue weighted by Crippen LogP contribution is 2.24. The Morgan fingerprint density at radius 2 is 2.05 bits per heavy atom. The van der Waals surface area contributed by atoms with Crippen LogP contribution in [-0.4, -0.2) is 7.11 Å². The van der Waals surface area contributed by atoms with E-state index >= 15 is 0 Å². The molecule has 1 heterocycles. The summed E-state index contributed by atoms with van der Waals surface area (Å²) in [6.07, 6.45) is 0. The Kier molecular flexibility index (Phi) is 4.78. The Bertz CT molecular complexity index is 575. The summed E-state index contributed by atoms with van der Waals surface area (Å²) in [5.41, 5.74) is 2.25. The second-order valence-corrected chi connectivity index (χ2v) is 6.29. The van der Waals surface area contributed by atoms with E-state index in [-0.39, 0.29) is 17.6 Å². The standard InChI is InChI=1S/C16H20FNOS/c1-10-7-14(20-12(10)3)9-18-11(2)13-5-6-16(19-4)15(17)8-13/h5-8,11,18H,9H2,1-4H3. The summed E-state index contributed by atoms with van der Waals surface area (Å²) in [6.45, 7) is 7.09. The van der Waals surface area contributed by atoms with Gasteiger partial charge in [0.25, 0.3) is 0 Å². The molecule has 2 nitrogen and oxygen atoms in total. The van der Waals surface area contributed by atoms with Gasteiger partial charge in [0, 0.05) is 22.3 Å². The lowest BCUT2D eigenvalue weighted by Gasteiger charge is -2.14. The van der Waals surface area contributed by atoms with Crippen LogP contribution in [-0.2, 0) is 6.54 Å². The molecule has 1 unspecified atom stereocenters. The molecule has 0 radical (unpaired) electrons. The molecule has 0 aliphatic carbocycles. The Balaban J connectivity index is 2.01. The molecule has 2 aromatic rings. The Morgan fingerprint density at radius 3 is 2.60 bits per heavy atom. The smallest absolute Gasteiger partial charge is 0.165 e. The maximum atomic E-state index is 13.7. The lowest BCUT2D eigenvalue weighted by atomic mass is 10.1. The minimum atomic E-state index is -0.318. The molecule has 1 atom stereocenters. The fraction of sp³-hybridized carbons (Fsp3) is 0.375. The SMILES string of the molecule is COc1ccc(C(C)NCc2cc(C)c(C)s2)cc1F. The fourth-order valence-corrected chi connectivity index (χ4v) is 3.06. The number of hydrogen-bond acceptors (Lipinski definition) is 3. The Morgan fingerprint density at radius 1 is 1.30 bits per heavy atom. The van der Waals surface area contributed by atoms with Gasteiger partial charge >= 0.3 is 0 Å². The number of benzene rings is 1. The van der Waals surface area contributed by atoms with Gasteiger partial charge in [0.1, 0.15) is 0 Å². The molecule has 0 spiro atoms. The summed E-state index contributed by atoms with van der Waals surface area (Å²) in [5.74, 6) is -0.0353. The van der Waals surface area contributed by atoms with Gasteiger partial charge in [-0.15, -0.1) is 11.3 Å². The van der Waals surface area contributed by atoms with Crippen molar-refractivity contribution in [1.29, 1.82) is 0 Å². The fourth-order valence-electron chi connectivity index (χ4n) is 2.06. The highest BCUT2D eigenvalue weighted by molar-refractivity contribution is 7.12. The molecular formula is C16H20FNOS. The zero-order valence-corrected chi connectivity index (χ0v) is 13.1. The van der Waals surface area contributed by atoms with E-state index in [1.54, 1.807) is 17.4 Å². The van der Waals surface area contributed by atoms with Crippen molar-refractivity contribution in [3.8, 4) is 5.75 Å². The maximum absolute atomic E-state index is 13.7. The van der Waals surface area contributed by atoms with Gasteiger partial charge in [-0.3, -0.25) is 0 Å². The van der Waals surface area contributed by atoms with Gasteiger partial charge in [-0.1, -0.05) is 6.07 Å². The Hall–Kier alpha value is -1.39. The zero-order valence-electron chi connectivity index (χ0n) is 12.3. The molecule has 0 amide bonds. The molecule has 0 fully saturated rings. The quantitative estimate of drug-likeness (QED) is 0.884. The number of hydrogen-bond donors (Lipinski definition) is 1. The number of halogens is 1. The van der Waals surface area contributed by atoms with E-state index in [1.807, 2.05) is 13.0 Å². The molecule has 1 aromatic heterocycles. The Labute approximate surface area is 123 Å². The number of aryl methyl sites for hydroxylation is 2. The average Bonchev–Trinajstić information content (AvgIpc) is 2.75. The highest BCUT2D eigenvalue weighted by Gasteiger charge is 2.10. The normalized spacial score (nSPS) is 12.4. The molecule has 0 bridgehead atoms. The molecule has 2 rings (SSSR count). The van der Waals surface area contributed by atoms with Crippen LogP contribution in [0.2, 0.25) is 0 Å². The lowest BCUT2D eigenvalue weighted by molar-refractivity contribution is 0.385. The molecule has 1 N–H and O–H groups in total. The van der Waals surface area contributed by atoms with E-state index in [9.17, 15) is 4.39 Å². The van der Waals surface area contributed by atoms with E-state index in [1.165, 1.54) is 28.5 Å². The summed E-state index contributed by atoms with van der Waals surface area (Å²) in [5, 5.41) is 3.42. The van der Waals surface area contributed by atoms with E-state index in [0.29, 0.717) is 0 Å². The molecular weight excluding hydrogens is 273 g/mol. The number of nitrogens with one attached hydrogen (secondary N) is 1. The van der Waals surface area contributed by atoms with Crippen molar-refractivity contribution in [3.63, 3.8) is 0 Å². The van der Waals surface area contributed by atoms with Crippen molar-refractivity contribution < 1.29 is 9.13 Å². The van der Waals surface area contributed by atoms with Crippen LogP contribution < -0.4 is 10.1 Å². The predicted octanol–water partition coefficient (Wildman–Crippen LogP) is 4.36. The minimum absolute atomic E-state index is 0.0955. The van der Waals surface area contributed by atoms with Crippen LogP contribution in [0.5, 0.6) is 5.75 Å². The van der Waals surface area contributed by atoms with Gasteiger partial charge in [0.15, 0.2) is 11.6 Å². The van der Waals surface area contributed by atoms with Crippen LogP contribution in [0.3, 0.4) is 0 Å². The predicted molar refractivity (Wildman–Crippen MR) is 82.0 cm³/mol. The number of ether oxygens (including phenoxy) is 1. The van der Waals surface area contributed by atoms with Gasteiger partial charge in [-0.25, -0.2) is 4.39 Å². The monoisotopic (exact) mass is 293 g/mol. The van der Waals surface area contributed by atoms with E-state index in [4.69, 9.17) is 4.74 Å². The van der Waals surface area contributed by atoms with Crippen LogP contribution >= 0.6 is 11.3 Å². The molecule has 0 aliphatic heterocycles. The summed E-state index contributed by atoms with van der Waals surface area (Å²) in [6, 6.07) is 7.39. The molecule has 20 heavy (non-hydrogen) atoms. The van der Waals surface area contributed by atoms with Gasteiger partial charge in [0.2, 0.25) is 0 Å². The van der Waals surface area contributed by atoms with Crippen LogP contribution in [0.25, 0.3) is 0 Å². The van der Waals surface area contributed by atoms with Crippen molar-refractivity contribution in [2.45, 2.75) is 33.4 Å². The molecule has 1 aromatic carbocycles. The maximum Gasteiger partial charge on any atom is 0.165 e. The summed E-state index contributed by atoms with van der Waals surface area (Å²) >= 11 is 1.80. The topological polar surface area (TPSA) is 21.3 Å². The summed E-state index contributed by atoms with van der Waals surface area (Å²) in [4.78, 5) is 2.66. The van der Waals surface area contributed by atoms with Gasteiger partial charge < -0.3 is 10.1 Å². The molecule has 0 aliphatic rings. The van der Waals surface area contributed by atoms with Crippen molar-refractivity contribution in [1.82, 2.24) is 5.32 Å². The van der Waals surface area contributed by atoms with Crippen molar-refractivity contribution in [3.05, 3.63) is 51.0 Å². The van der Waals surface area contributed by atoms with Gasteiger partial charge in [0.05, 0.1) is 7.11 Å². The second kappa shape index (κ2) is 6.37. The third-order valence-electron chi connectivity index (χ3n) is 3.48. The molecule has 4 heteroatoms. The first kappa shape index (κ1) is 15.0. The van der Waals surface area contributed by atoms with Crippen LogP contribution in [0.15, 0.2) is 24.3 Å². The van der Waals surface area contributed by atoms with E-state index < -0.39 is 0 Å². The first-order valence-electron chi connectivity index (χ1n) is 6.64. The van der Waals surface area contributed by atoms with Gasteiger partial charge in [-0.05, 0) is 50.1 Å². The number of rotatable bonds is 5. The molecule has 0 saturated heterocycles. The second-order valence-electron chi connectivity index (χ2n) is 4.95. The molecule has 0 saturated carbocycles. The molecule has 108 valence electrons. The minimum Gasteiger partial charge on any atom is -0.494 e. The van der Waals surface area contributed by atoms with Crippen LogP contribution in [0.4, 0.5) is 4.39 Å². The third-order valence-corrected chi connectivity index (χ3v) is 4.63. The van der Waals surface area contributed by atoms with Crippen molar-refractivity contribution in [2.24, 2.45) is 0 Å². The third kappa shape index (κ3) is 3.38. The number of thiophene rings is 1. The van der Waals surface area contributed by atoms with E-state index in [2.05, 4.69) is 25.2 Å². The summed E-state index contributed by atoms with van der Waals surface area (Å²) < 4.78 is 18.6. The van der Waals surface area contributed by atoms with E-state index in [0.717, 1.165) is 12.1 Å². The zero-order chi connectivity index (χ0) is 14.7. The van der Waals surface area contributed by atoms with Crippen molar-refractivity contribution >= 4 is 11.3 Å². The first-order chi connectivity index (χ1) is 9.51. The first-order valence-corrected chi connectivity index (χ1v) is 7.45. The van der Waals surface area contributed by atoms with Crippen molar-refractivity contribution in [2.75, 3.05) is 7.11 Å². The van der Waals surface area contributed by atoms with Crippen LogP contribution in [0, 0.1) is 19.7 Å².